The minimum absolute atomic E-state index is 0.0156. The van der Waals surface area contributed by atoms with Crippen molar-refractivity contribution in [1.82, 2.24) is 0 Å². The highest BCUT2D eigenvalue weighted by Gasteiger charge is 2.37. The van der Waals surface area contributed by atoms with Crippen LogP contribution in [-0.2, 0) is 21.0 Å². The van der Waals surface area contributed by atoms with Gasteiger partial charge in [-0.1, -0.05) is 72.7 Å². The molecule has 0 spiro atoms. The van der Waals surface area contributed by atoms with Crippen LogP contribution >= 0.6 is 0 Å². The molecule has 0 N–H and O–H groups in total. The average molecular weight is 443 g/mol. The van der Waals surface area contributed by atoms with Crippen molar-refractivity contribution in [2.75, 3.05) is 6.61 Å². The third-order valence-electron chi connectivity index (χ3n) is 7.46. The van der Waals surface area contributed by atoms with Gasteiger partial charge in [-0.05, 0) is 98.9 Å². The molecule has 0 fully saturated rings. The van der Waals surface area contributed by atoms with Gasteiger partial charge in [-0.3, -0.25) is 0 Å². The van der Waals surface area contributed by atoms with E-state index in [4.69, 9.17) is 4.74 Å². The lowest BCUT2D eigenvalue weighted by Gasteiger charge is -2.42. The van der Waals surface area contributed by atoms with Crippen molar-refractivity contribution in [3.8, 4) is 11.1 Å². The van der Waals surface area contributed by atoms with Crippen molar-refractivity contribution >= 4 is 16.7 Å². The van der Waals surface area contributed by atoms with Gasteiger partial charge in [0.15, 0.2) is 0 Å². The lowest BCUT2D eigenvalue weighted by molar-refractivity contribution is 0.0526. The molecule has 0 bridgehead atoms. The summed E-state index contributed by atoms with van der Waals surface area (Å²) in [5.41, 5.74) is 7.64. The Balaban J connectivity index is 1.93. The maximum absolute atomic E-state index is 12.1. The smallest absolute Gasteiger partial charge is 0.338 e. The Morgan fingerprint density at radius 3 is 1.97 bits per heavy atom. The summed E-state index contributed by atoms with van der Waals surface area (Å²) in [6, 6.07) is 17.4. The van der Waals surface area contributed by atoms with E-state index in [1.807, 2.05) is 31.2 Å². The van der Waals surface area contributed by atoms with Crippen LogP contribution in [0.5, 0.6) is 0 Å². The molecule has 4 rings (SSSR count). The summed E-state index contributed by atoms with van der Waals surface area (Å²) in [7, 11) is 0. The van der Waals surface area contributed by atoms with Gasteiger partial charge < -0.3 is 4.74 Å². The topological polar surface area (TPSA) is 26.3 Å². The van der Waals surface area contributed by atoms with E-state index < -0.39 is 0 Å². The van der Waals surface area contributed by atoms with E-state index >= 15 is 0 Å². The fraction of sp³-hybridized carbons (Fsp3) is 0.452. The maximum Gasteiger partial charge on any atom is 0.338 e. The Bertz CT molecular complexity index is 1200. The minimum atomic E-state index is -0.269. The highest BCUT2D eigenvalue weighted by molar-refractivity contribution is 5.94. The summed E-state index contributed by atoms with van der Waals surface area (Å²) >= 11 is 0. The van der Waals surface area contributed by atoms with Gasteiger partial charge in [0.1, 0.15) is 0 Å². The van der Waals surface area contributed by atoms with E-state index in [9.17, 15) is 4.79 Å². The quantitative estimate of drug-likeness (QED) is 0.381. The van der Waals surface area contributed by atoms with Gasteiger partial charge in [0.05, 0.1) is 12.2 Å². The number of fused-ring (bicyclic) bond motifs is 2. The van der Waals surface area contributed by atoms with E-state index in [-0.39, 0.29) is 22.2 Å². The molecule has 0 saturated carbocycles. The van der Waals surface area contributed by atoms with Crippen LogP contribution in [0.1, 0.15) is 95.3 Å². The largest absolute Gasteiger partial charge is 0.462 e. The van der Waals surface area contributed by atoms with Crippen molar-refractivity contribution < 1.29 is 9.53 Å². The van der Waals surface area contributed by atoms with E-state index in [0.717, 1.165) is 5.56 Å². The highest BCUT2D eigenvalue weighted by Crippen LogP contribution is 2.48. The molecule has 0 radical (unpaired) electrons. The van der Waals surface area contributed by atoms with Gasteiger partial charge in [-0.25, -0.2) is 4.79 Å². The van der Waals surface area contributed by atoms with Crippen LogP contribution in [0.3, 0.4) is 0 Å². The molecule has 1 aliphatic carbocycles. The fourth-order valence-electron chi connectivity index (χ4n) is 5.23. The molecule has 3 aromatic rings. The van der Waals surface area contributed by atoms with Gasteiger partial charge in [-0.2, -0.15) is 0 Å². The summed E-state index contributed by atoms with van der Waals surface area (Å²) < 4.78 is 5.15. The number of carbonyl (C=O) groups excluding carboxylic acids is 1. The molecule has 0 unspecified atom stereocenters. The lowest BCUT2D eigenvalue weighted by atomic mass is 9.62. The van der Waals surface area contributed by atoms with Gasteiger partial charge in [0.2, 0.25) is 0 Å². The Morgan fingerprint density at radius 1 is 0.848 bits per heavy atom. The molecule has 2 nitrogen and oxygen atoms in total. The van der Waals surface area contributed by atoms with Crippen molar-refractivity contribution in [2.24, 2.45) is 0 Å². The summed E-state index contributed by atoms with van der Waals surface area (Å²) in [6.07, 6.45) is 2.42. The molecule has 0 aromatic heterocycles. The normalized spacial score (nSPS) is 17.0. The molecule has 3 aromatic carbocycles. The second-order valence-electron chi connectivity index (χ2n) is 12.0. The van der Waals surface area contributed by atoms with Crippen molar-refractivity contribution in [2.45, 2.75) is 84.5 Å². The number of rotatable bonds is 3. The third kappa shape index (κ3) is 4.33. The first-order valence-corrected chi connectivity index (χ1v) is 12.2. The lowest BCUT2D eigenvalue weighted by Crippen LogP contribution is -2.33. The van der Waals surface area contributed by atoms with Crippen LogP contribution in [0.2, 0.25) is 0 Å². The van der Waals surface area contributed by atoms with Gasteiger partial charge in [0, 0.05) is 0 Å². The Kier molecular flexibility index (Phi) is 5.71. The molecular formula is C31H38O2. The summed E-state index contributed by atoms with van der Waals surface area (Å²) in [5, 5.41) is 2.66. The summed E-state index contributed by atoms with van der Waals surface area (Å²) in [4.78, 5) is 12.1. The minimum Gasteiger partial charge on any atom is -0.462 e. The van der Waals surface area contributed by atoms with Crippen LogP contribution < -0.4 is 0 Å². The molecule has 0 aliphatic heterocycles. The number of benzene rings is 3. The molecule has 174 valence electrons. The molecular weight excluding hydrogens is 404 g/mol. The van der Waals surface area contributed by atoms with Gasteiger partial charge in [-0.15, -0.1) is 0 Å². The summed E-state index contributed by atoms with van der Waals surface area (Å²) in [5.74, 6) is -0.269. The first-order valence-electron chi connectivity index (χ1n) is 12.2. The Labute approximate surface area is 199 Å². The van der Waals surface area contributed by atoms with E-state index in [1.165, 1.54) is 45.9 Å². The number of carbonyl (C=O) groups is 1. The maximum atomic E-state index is 12.1. The molecule has 0 saturated heterocycles. The van der Waals surface area contributed by atoms with Crippen LogP contribution in [0.4, 0.5) is 0 Å². The van der Waals surface area contributed by atoms with Crippen LogP contribution in [0.25, 0.3) is 21.9 Å². The molecule has 1 aliphatic rings. The molecule has 0 heterocycles. The number of hydrogen-bond acceptors (Lipinski definition) is 2. The Hall–Kier alpha value is -2.61. The second kappa shape index (κ2) is 8.01. The predicted molar refractivity (Wildman–Crippen MR) is 139 cm³/mol. The fourth-order valence-corrected chi connectivity index (χ4v) is 5.23. The first kappa shape index (κ1) is 23.5. The SMILES string of the molecule is CCOC(=O)c1ccc(-c2cc(C(C)(C)C)c3cc4c(cc3c2)C(C)(C)CCC4(C)C)cc1. The Morgan fingerprint density at radius 2 is 1.42 bits per heavy atom. The first-order chi connectivity index (χ1) is 15.3. The van der Waals surface area contributed by atoms with E-state index in [1.54, 1.807) is 0 Å². The van der Waals surface area contributed by atoms with Crippen molar-refractivity contribution in [3.63, 3.8) is 0 Å². The zero-order chi connectivity index (χ0) is 24.2. The predicted octanol–water partition coefficient (Wildman–Crippen LogP) is 8.33. The monoisotopic (exact) mass is 442 g/mol. The van der Waals surface area contributed by atoms with Crippen LogP contribution in [0, 0.1) is 0 Å². The standard InChI is InChI=1S/C31H38O2/c1-9-33-28(32)21-12-10-20(11-13-21)22-16-23-18-26-27(31(7,8)15-14-30(26,5)6)19-24(23)25(17-22)29(2,3)4/h10-13,16-19H,9,14-15H2,1-8H3. The van der Waals surface area contributed by atoms with E-state index in [2.05, 4.69) is 72.7 Å². The van der Waals surface area contributed by atoms with Crippen LogP contribution in [0.15, 0.2) is 48.5 Å². The van der Waals surface area contributed by atoms with Crippen molar-refractivity contribution in [1.29, 1.82) is 0 Å². The zero-order valence-corrected chi connectivity index (χ0v) is 21.6. The molecule has 0 amide bonds. The molecule has 2 heteroatoms. The van der Waals surface area contributed by atoms with Crippen LogP contribution in [-0.4, -0.2) is 12.6 Å². The molecule has 33 heavy (non-hydrogen) atoms. The van der Waals surface area contributed by atoms with Gasteiger partial charge in [0.25, 0.3) is 0 Å². The third-order valence-corrected chi connectivity index (χ3v) is 7.46. The molecule has 0 atom stereocenters. The van der Waals surface area contributed by atoms with Gasteiger partial charge >= 0.3 is 5.97 Å². The number of ether oxygens (including phenoxy) is 1. The number of esters is 1. The van der Waals surface area contributed by atoms with E-state index in [0.29, 0.717) is 12.2 Å². The zero-order valence-electron chi connectivity index (χ0n) is 21.6. The average Bonchev–Trinajstić information content (AvgIpc) is 2.75. The summed E-state index contributed by atoms with van der Waals surface area (Å²) in [6.45, 7) is 18.7. The van der Waals surface area contributed by atoms with Crippen molar-refractivity contribution in [3.05, 3.63) is 70.8 Å². The number of hydrogen-bond donors (Lipinski definition) is 0. The highest BCUT2D eigenvalue weighted by atomic mass is 16.5. The second-order valence-corrected chi connectivity index (χ2v) is 12.0.